The molecule has 6 nitrogen and oxygen atoms in total. The van der Waals surface area contributed by atoms with Crippen molar-refractivity contribution in [3.05, 3.63) is 18.2 Å². The molecule has 1 saturated heterocycles. The quantitative estimate of drug-likeness (QED) is 0.837. The van der Waals surface area contributed by atoms with E-state index in [1.807, 2.05) is 25.2 Å². The van der Waals surface area contributed by atoms with Crippen LogP contribution in [0.25, 0.3) is 0 Å². The normalized spacial score (nSPS) is 18.6. The molecule has 0 bridgehead atoms. The molecule has 1 fully saturated rings. The lowest BCUT2D eigenvalue weighted by atomic mass is 9.90. The van der Waals surface area contributed by atoms with Crippen LogP contribution in [0.2, 0.25) is 0 Å². The molecule has 3 rings (SSSR count). The molecule has 1 amide bonds. The molecule has 8 heteroatoms. The summed E-state index contributed by atoms with van der Waals surface area (Å²) in [6, 6.07) is 5.65. The third-order valence-corrected chi connectivity index (χ3v) is 4.15. The Labute approximate surface area is 148 Å². The number of amides is 1. The minimum absolute atomic E-state index is 0. The van der Waals surface area contributed by atoms with Gasteiger partial charge < -0.3 is 25.4 Å². The fourth-order valence-electron chi connectivity index (χ4n) is 2.65. The number of halogens is 2. The highest BCUT2D eigenvalue weighted by atomic mass is 35.5. The second-order valence-electron chi connectivity index (χ2n) is 5.68. The minimum Gasteiger partial charge on any atom is -0.490 e. The summed E-state index contributed by atoms with van der Waals surface area (Å²) in [5, 5.41) is 2.92. The van der Waals surface area contributed by atoms with Gasteiger partial charge in [-0.15, -0.1) is 24.8 Å². The van der Waals surface area contributed by atoms with E-state index >= 15 is 0 Å². The Morgan fingerprint density at radius 3 is 2.65 bits per heavy atom. The van der Waals surface area contributed by atoms with Crippen LogP contribution in [0.3, 0.4) is 0 Å². The van der Waals surface area contributed by atoms with Crippen LogP contribution < -0.4 is 20.7 Å². The predicted molar refractivity (Wildman–Crippen MR) is 95.3 cm³/mol. The number of carbonyl (C=O) groups is 1. The van der Waals surface area contributed by atoms with Gasteiger partial charge in [-0.2, -0.15) is 0 Å². The van der Waals surface area contributed by atoms with Crippen LogP contribution in [0.15, 0.2) is 18.2 Å². The number of rotatable bonds is 2. The highest BCUT2D eigenvalue weighted by Gasteiger charge is 2.36. The highest BCUT2D eigenvalue weighted by Crippen LogP contribution is 2.33. The lowest BCUT2D eigenvalue weighted by molar-refractivity contribution is -0.124. The number of hydrogen-bond acceptors (Lipinski definition) is 5. The lowest BCUT2D eigenvalue weighted by Crippen LogP contribution is -2.54. The van der Waals surface area contributed by atoms with E-state index < -0.39 is 5.54 Å². The summed E-state index contributed by atoms with van der Waals surface area (Å²) >= 11 is 0. The first kappa shape index (κ1) is 19.8. The number of fused-ring (bicyclic) bond motifs is 1. The third-order valence-electron chi connectivity index (χ3n) is 4.15. The van der Waals surface area contributed by atoms with Crippen LogP contribution >= 0.6 is 24.8 Å². The van der Waals surface area contributed by atoms with Crippen LogP contribution in [0.4, 0.5) is 11.4 Å². The standard InChI is InChI=1S/C15H21N3O3.2ClH/c1-18-6-9-21-13-3-2-11(10-12(13)18)17-14(19)15(16)4-7-20-8-5-15;;/h2-3,10H,4-9,16H2,1H3,(H,17,19);2*1H. The van der Waals surface area contributed by atoms with Crippen molar-refractivity contribution in [1.29, 1.82) is 0 Å². The van der Waals surface area contributed by atoms with Gasteiger partial charge in [-0.3, -0.25) is 4.79 Å². The van der Waals surface area contributed by atoms with Gasteiger partial charge in [0.2, 0.25) is 5.91 Å². The van der Waals surface area contributed by atoms with Crippen LogP contribution in [-0.4, -0.2) is 44.9 Å². The minimum atomic E-state index is -0.837. The molecule has 0 spiro atoms. The molecule has 2 heterocycles. The Hall–Kier alpha value is -1.21. The first-order valence-corrected chi connectivity index (χ1v) is 7.25. The third kappa shape index (κ3) is 4.20. The van der Waals surface area contributed by atoms with Crippen molar-refractivity contribution >= 4 is 42.1 Å². The number of hydrogen-bond donors (Lipinski definition) is 2. The van der Waals surface area contributed by atoms with Crippen LogP contribution in [-0.2, 0) is 9.53 Å². The maximum Gasteiger partial charge on any atom is 0.244 e. The average Bonchev–Trinajstić information content (AvgIpc) is 2.49. The van der Waals surface area contributed by atoms with E-state index in [4.69, 9.17) is 15.2 Å². The summed E-state index contributed by atoms with van der Waals surface area (Å²) in [5.41, 5.74) is 7.08. The number of likely N-dealkylation sites (N-methyl/N-ethyl adjacent to an activating group) is 1. The summed E-state index contributed by atoms with van der Waals surface area (Å²) < 4.78 is 10.9. The molecular weight excluding hydrogens is 341 g/mol. The number of carbonyl (C=O) groups excluding carboxylic acids is 1. The van der Waals surface area contributed by atoms with E-state index in [2.05, 4.69) is 10.2 Å². The van der Waals surface area contributed by atoms with Crippen molar-refractivity contribution in [3.63, 3.8) is 0 Å². The second-order valence-corrected chi connectivity index (χ2v) is 5.68. The van der Waals surface area contributed by atoms with Gasteiger partial charge in [0, 0.05) is 25.9 Å². The number of ether oxygens (including phenoxy) is 2. The van der Waals surface area contributed by atoms with Crippen molar-refractivity contribution < 1.29 is 14.3 Å². The molecule has 3 N–H and O–H groups in total. The number of nitrogens with two attached hydrogens (primary N) is 1. The van der Waals surface area contributed by atoms with Gasteiger partial charge in [0.05, 0.1) is 12.2 Å². The summed E-state index contributed by atoms with van der Waals surface area (Å²) in [7, 11) is 2.01. The Kier molecular flexibility index (Phi) is 6.95. The topological polar surface area (TPSA) is 76.8 Å². The van der Waals surface area contributed by atoms with Gasteiger partial charge in [0.25, 0.3) is 0 Å². The van der Waals surface area contributed by atoms with E-state index in [0.29, 0.717) is 32.7 Å². The average molecular weight is 364 g/mol. The fraction of sp³-hybridized carbons (Fsp3) is 0.533. The first-order chi connectivity index (χ1) is 10.1. The van der Waals surface area contributed by atoms with Crippen molar-refractivity contribution in [3.8, 4) is 5.75 Å². The zero-order chi connectivity index (χ0) is 14.9. The fourth-order valence-corrected chi connectivity index (χ4v) is 2.65. The van der Waals surface area contributed by atoms with Crippen LogP contribution in [0.5, 0.6) is 5.75 Å². The Balaban J connectivity index is 0.00000132. The Bertz CT molecular complexity index is 551. The smallest absolute Gasteiger partial charge is 0.244 e. The summed E-state index contributed by atoms with van der Waals surface area (Å²) in [4.78, 5) is 14.5. The van der Waals surface area contributed by atoms with Gasteiger partial charge in [-0.25, -0.2) is 0 Å². The van der Waals surface area contributed by atoms with E-state index in [1.54, 1.807) is 0 Å². The number of anilines is 2. The molecular formula is C15H23Cl2N3O3. The molecule has 0 unspecified atom stereocenters. The Morgan fingerprint density at radius 2 is 1.96 bits per heavy atom. The highest BCUT2D eigenvalue weighted by molar-refractivity contribution is 5.98. The van der Waals surface area contributed by atoms with E-state index in [1.165, 1.54) is 0 Å². The molecule has 130 valence electrons. The molecule has 0 radical (unpaired) electrons. The van der Waals surface area contributed by atoms with Crippen molar-refractivity contribution in [1.82, 2.24) is 0 Å². The monoisotopic (exact) mass is 363 g/mol. The van der Waals surface area contributed by atoms with E-state index in [0.717, 1.165) is 23.7 Å². The molecule has 1 aromatic carbocycles. The largest absolute Gasteiger partial charge is 0.490 e. The Morgan fingerprint density at radius 1 is 1.26 bits per heavy atom. The SMILES string of the molecule is CN1CCOc2ccc(NC(=O)C3(N)CCOCC3)cc21.Cl.Cl. The van der Waals surface area contributed by atoms with Crippen LogP contribution in [0.1, 0.15) is 12.8 Å². The first-order valence-electron chi connectivity index (χ1n) is 7.25. The van der Waals surface area contributed by atoms with Gasteiger partial charge in [0.1, 0.15) is 17.9 Å². The molecule has 2 aliphatic rings. The van der Waals surface area contributed by atoms with Gasteiger partial charge >= 0.3 is 0 Å². The summed E-state index contributed by atoms with van der Waals surface area (Å²) in [5.74, 6) is 0.695. The molecule has 0 aliphatic carbocycles. The van der Waals surface area contributed by atoms with Gasteiger partial charge in [0.15, 0.2) is 0 Å². The molecule has 0 saturated carbocycles. The zero-order valence-corrected chi connectivity index (χ0v) is 14.7. The van der Waals surface area contributed by atoms with Crippen LogP contribution in [0, 0.1) is 0 Å². The van der Waals surface area contributed by atoms with E-state index in [-0.39, 0.29) is 30.7 Å². The number of nitrogens with one attached hydrogen (secondary N) is 1. The van der Waals surface area contributed by atoms with E-state index in [9.17, 15) is 4.79 Å². The van der Waals surface area contributed by atoms with Gasteiger partial charge in [-0.1, -0.05) is 0 Å². The van der Waals surface area contributed by atoms with Crippen molar-refractivity contribution in [2.75, 3.05) is 43.6 Å². The molecule has 0 atom stereocenters. The number of benzene rings is 1. The lowest BCUT2D eigenvalue weighted by Gasteiger charge is -2.32. The molecule has 1 aromatic rings. The zero-order valence-electron chi connectivity index (χ0n) is 13.0. The molecule has 0 aromatic heterocycles. The van der Waals surface area contributed by atoms with Crippen molar-refractivity contribution in [2.24, 2.45) is 5.73 Å². The summed E-state index contributed by atoms with van der Waals surface area (Å²) in [6.45, 7) is 2.58. The summed E-state index contributed by atoms with van der Waals surface area (Å²) in [6.07, 6.45) is 1.10. The predicted octanol–water partition coefficient (Wildman–Crippen LogP) is 1.81. The van der Waals surface area contributed by atoms with Gasteiger partial charge in [-0.05, 0) is 31.0 Å². The molecule has 23 heavy (non-hydrogen) atoms. The van der Waals surface area contributed by atoms with Crippen molar-refractivity contribution in [2.45, 2.75) is 18.4 Å². The maximum absolute atomic E-state index is 12.4. The second kappa shape index (κ2) is 8.06. The molecule has 2 aliphatic heterocycles. The number of nitrogens with zero attached hydrogens (tertiary/aromatic N) is 1. The maximum atomic E-state index is 12.4.